The molecule has 0 radical (unpaired) electrons. The lowest BCUT2D eigenvalue weighted by molar-refractivity contribution is 0.287. The summed E-state index contributed by atoms with van der Waals surface area (Å²) in [6.45, 7) is 7.23. The first-order valence-corrected chi connectivity index (χ1v) is 8.19. The molecule has 0 fully saturated rings. The minimum Gasteiger partial charge on any atom is -0.297 e. The summed E-state index contributed by atoms with van der Waals surface area (Å²) in [6, 6.07) is 16.5. The molecule has 0 aliphatic rings. The van der Waals surface area contributed by atoms with E-state index in [-0.39, 0.29) is 0 Å². The van der Waals surface area contributed by atoms with Crippen LogP contribution in [0.3, 0.4) is 0 Å². The van der Waals surface area contributed by atoms with Gasteiger partial charge in [-0.25, -0.2) is 9.97 Å². The maximum Gasteiger partial charge on any atom is 0.148 e. The molecule has 4 rings (SSSR count). The van der Waals surface area contributed by atoms with Gasteiger partial charge in [-0.05, 0) is 37.4 Å². The Bertz CT molecular complexity index is 983. The van der Waals surface area contributed by atoms with Crippen molar-refractivity contribution in [3.05, 3.63) is 54.4 Å². The van der Waals surface area contributed by atoms with Gasteiger partial charge in [0.2, 0.25) is 0 Å². The Morgan fingerprint density at radius 3 is 2.35 bits per heavy atom. The Hall–Kier alpha value is -2.46. The number of hydrogen-bond acceptors (Lipinski definition) is 3. The van der Waals surface area contributed by atoms with Gasteiger partial charge in [-0.1, -0.05) is 38.1 Å². The van der Waals surface area contributed by atoms with Crippen LogP contribution in [0.15, 0.2) is 48.5 Å². The minimum atomic E-state index is 0.828. The number of para-hydroxylation sites is 3. The van der Waals surface area contributed by atoms with Crippen LogP contribution in [-0.4, -0.2) is 32.4 Å². The van der Waals surface area contributed by atoms with E-state index in [1.165, 1.54) is 0 Å². The van der Waals surface area contributed by atoms with Gasteiger partial charge in [0.1, 0.15) is 11.5 Å². The maximum atomic E-state index is 4.94. The third-order valence-corrected chi connectivity index (χ3v) is 4.47. The Balaban J connectivity index is 2.09. The van der Waals surface area contributed by atoms with Gasteiger partial charge in [0.05, 0.1) is 23.1 Å². The molecule has 0 N–H and O–H groups in total. The highest BCUT2D eigenvalue weighted by molar-refractivity contribution is 5.96. The first-order valence-electron chi connectivity index (χ1n) is 8.19. The van der Waals surface area contributed by atoms with Gasteiger partial charge < -0.3 is 0 Å². The molecule has 116 valence electrons. The van der Waals surface area contributed by atoms with Gasteiger partial charge in [0.15, 0.2) is 0 Å². The maximum absolute atomic E-state index is 4.94. The molecule has 4 aromatic rings. The molecule has 0 aliphatic heterocycles. The van der Waals surface area contributed by atoms with Crippen LogP contribution in [-0.2, 0) is 6.54 Å². The molecule has 0 spiro atoms. The topological polar surface area (TPSA) is 33.4 Å². The number of rotatable bonds is 4. The van der Waals surface area contributed by atoms with E-state index in [0.29, 0.717) is 0 Å². The average Bonchev–Trinajstić information content (AvgIpc) is 2.99. The van der Waals surface area contributed by atoms with Crippen molar-refractivity contribution in [1.29, 1.82) is 0 Å². The Labute approximate surface area is 135 Å². The second kappa shape index (κ2) is 5.63. The highest BCUT2D eigenvalue weighted by atomic mass is 15.2. The highest BCUT2D eigenvalue weighted by Gasteiger charge is 2.14. The number of nitrogens with zero attached hydrogens (tertiary/aromatic N) is 4. The van der Waals surface area contributed by atoms with Crippen molar-refractivity contribution in [3.63, 3.8) is 0 Å². The van der Waals surface area contributed by atoms with E-state index >= 15 is 0 Å². The molecule has 4 nitrogen and oxygen atoms in total. The van der Waals surface area contributed by atoms with E-state index < -0.39 is 0 Å². The Morgan fingerprint density at radius 2 is 1.57 bits per heavy atom. The Kier molecular flexibility index (Phi) is 3.46. The van der Waals surface area contributed by atoms with Crippen molar-refractivity contribution in [2.24, 2.45) is 0 Å². The predicted molar refractivity (Wildman–Crippen MR) is 94.6 cm³/mol. The number of aromatic nitrogens is 3. The molecule has 2 aromatic heterocycles. The molecular weight excluding hydrogens is 284 g/mol. The van der Waals surface area contributed by atoms with Crippen molar-refractivity contribution in [2.75, 3.05) is 13.1 Å². The molecule has 0 saturated heterocycles. The normalized spacial score (nSPS) is 12.0. The third-order valence-electron chi connectivity index (χ3n) is 4.47. The quantitative estimate of drug-likeness (QED) is 0.574. The molecule has 4 heteroatoms. The van der Waals surface area contributed by atoms with Crippen LogP contribution in [0.25, 0.3) is 27.6 Å². The zero-order chi connectivity index (χ0) is 15.8. The van der Waals surface area contributed by atoms with Crippen LogP contribution in [0, 0.1) is 0 Å². The third kappa shape index (κ3) is 2.26. The largest absolute Gasteiger partial charge is 0.297 e. The van der Waals surface area contributed by atoms with E-state index in [1.54, 1.807) is 0 Å². The molecule has 0 saturated carbocycles. The molecule has 2 aromatic carbocycles. The predicted octanol–water partition coefficient (Wildman–Crippen LogP) is 3.88. The van der Waals surface area contributed by atoms with Crippen molar-refractivity contribution in [2.45, 2.75) is 20.4 Å². The molecule has 0 aliphatic carbocycles. The van der Waals surface area contributed by atoms with Crippen LogP contribution < -0.4 is 0 Å². The lowest BCUT2D eigenvalue weighted by atomic mass is 10.2. The average molecular weight is 304 g/mol. The van der Waals surface area contributed by atoms with Crippen LogP contribution in [0.2, 0.25) is 0 Å². The van der Waals surface area contributed by atoms with E-state index in [1.807, 2.05) is 18.2 Å². The molecular formula is C19H20N4. The van der Waals surface area contributed by atoms with Gasteiger partial charge in [0, 0.05) is 5.39 Å². The number of imidazole rings is 1. The van der Waals surface area contributed by atoms with E-state index in [0.717, 1.165) is 53.0 Å². The van der Waals surface area contributed by atoms with Crippen molar-refractivity contribution < 1.29 is 0 Å². The molecule has 23 heavy (non-hydrogen) atoms. The second-order valence-corrected chi connectivity index (χ2v) is 5.77. The monoisotopic (exact) mass is 304 g/mol. The zero-order valence-electron chi connectivity index (χ0n) is 13.5. The zero-order valence-corrected chi connectivity index (χ0v) is 13.5. The smallest absolute Gasteiger partial charge is 0.148 e. The second-order valence-electron chi connectivity index (χ2n) is 5.77. The fourth-order valence-electron chi connectivity index (χ4n) is 3.17. The van der Waals surface area contributed by atoms with Crippen molar-refractivity contribution in [3.8, 4) is 0 Å². The number of fused-ring (bicyclic) bond motifs is 5. The van der Waals surface area contributed by atoms with Gasteiger partial charge >= 0.3 is 0 Å². The lowest BCUT2D eigenvalue weighted by Crippen LogP contribution is -2.24. The van der Waals surface area contributed by atoms with Crippen molar-refractivity contribution in [1.82, 2.24) is 19.3 Å². The highest BCUT2D eigenvalue weighted by Crippen LogP contribution is 2.25. The fourth-order valence-corrected chi connectivity index (χ4v) is 3.17. The van der Waals surface area contributed by atoms with Crippen LogP contribution in [0.5, 0.6) is 0 Å². The summed E-state index contributed by atoms with van der Waals surface area (Å²) in [5.74, 6) is 1.05. The first kappa shape index (κ1) is 14.2. The van der Waals surface area contributed by atoms with Gasteiger partial charge in [0.25, 0.3) is 0 Å². The van der Waals surface area contributed by atoms with E-state index in [2.05, 4.69) is 53.5 Å². The summed E-state index contributed by atoms with van der Waals surface area (Å²) in [4.78, 5) is 12.2. The van der Waals surface area contributed by atoms with Gasteiger partial charge in [-0.2, -0.15) is 0 Å². The summed E-state index contributed by atoms with van der Waals surface area (Å²) in [7, 11) is 0. The van der Waals surface area contributed by atoms with Crippen LogP contribution in [0.1, 0.15) is 19.7 Å². The fraction of sp³-hybridized carbons (Fsp3) is 0.263. The summed E-state index contributed by atoms with van der Waals surface area (Å²) in [5, 5.41) is 1.10. The number of benzene rings is 2. The van der Waals surface area contributed by atoms with E-state index in [9.17, 15) is 0 Å². The first-order chi connectivity index (χ1) is 11.3. The van der Waals surface area contributed by atoms with Gasteiger partial charge in [-0.3, -0.25) is 9.30 Å². The standard InChI is InChI=1S/C19H20N4/c1-3-22(4-2)13-18-20-15-10-6-5-9-14(15)19-21-16-11-7-8-12-17(16)23(18)19/h5-12H,3-4,13H2,1-2H3. The number of hydrogen-bond donors (Lipinski definition) is 0. The van der Waals surface area contributed by atoms with Crippen molar-refractivity contribution >= 4 is 27.6 Å². The van der Waals surface area contributed by atoms with Crippen LogP contribution >= 0.6 is 0 Å². The molecule has 0 bridgehead atoms. The van der Waals surface area contributed by atoms with Crippen LogP contribution in [0.4, 0.5) is 0 Å². The summed E-state index contributed by atoms with van der Waals surface area (Å²) in [6.07, 6.45) is 0. The molecule has 0 atom stereocenters. The van der Waals surface area contributed by atoms with Gasteiger partial charge in [-0.15, -0.1) is 0 Å². The summed E-state index contributed by atoms with van der Waals surface area (Å²) in [5.41, 5.74) is 4.16. The molecule has 0 unspecified atom stereocenters. The lowest BCUT2D eigenvalue weighted by Gasteiger charge is -2.19. The van der Waals surface area contributed by atoms with E-state index in [4.69, 9.17) is 9.97 Å². The Morgan fingerprint density at radius 1 is 0.870 bits per heavy atom. The SMILES string of the molecule is CCN(CC)Cc1nc2ccccc2c2nc3ccccc3n12. The minimum absolute atomic E-state index is 0.828. The molecule has 0 amide bonds. The molecule has 2 heterocycles. The summed E-state index contributed by atoms with van der Waals surface area (Å²) >= 11 is 0. The summed E-state index contributed by atoms with van der Waals surface area (Å²) < 4.78 is 2.22.